The third-order valence-electron chi connectivity index (χ3n) is 4.71. The average Bonchev–Trinajstić information content (AvgIpc) is 2.69. The van der Waals surface area contributed by atoms with Crippen LogP contribution >= 0.6 is 0 Å². The summed E-state index contributed by atoms with van der Waals surface area (Å²) in [5, 5.41) is 9.91. The Bertz CT molecular complexity index is 741. The highest BCUT2D eigenvalue weighted by atomic mass is 19.1. The van der Waals surface area contributed by atoms with Gasteiger partial charge >= 0.3 is 0 Å². The summed E-state index contributed by atoms with van der Waals surface area (Å²) in [6, 6.07) is 10.2. The summed E-state index contributed by atoms with van der Waals surface area (Å²) in [7, 11) is 0. The number of aromatic nitrogens is 1. The highest BCUT2D eigenvalue weighted by molar-refractivity contribution is 5.76. The van der Waals surface area contributed by atoms with Crippen LogP contribution in [0.2, 0.25) is 0 Å². The number of aryl methyl sites for hydroxylation is 1. The number of pyridine rings is 1. The minimum atomic E-state index is -0.968. The van der Waals surface area contributed by atoms with E-state index in [1.165, 1.54) is 6.07 Å². The molecule has 0 bridgehead atoms. The van der Waals surface area contributed by atoms with Gasteiger partial charge in [0.15, 0.2) is 0 Å². The van der Waals surface area contributed by atoms with Gasteiger partial charge in [0.1, 0.15) is 11.4 Å². The molecule has 26 heavy (non-hydrogen) atoms. The van der Waals surface area contributed by atoms with Crippen LogP contribution in [0.4, 0.5) is 4.39 Å². The summed E-state index contributed by atoms with van der Waals surface area (Å²) in [5.41, 5.74) is 0.518. The molecule has 3 rings (SSSR count). The number of hydrogen-bond acceptors (Lipinski definition) is 4. The van der Waals surface area contributed by atoms with Crippen molar-refractivity contribution in [3.8, 4) is 0 Å². The van der Waals surface area contributed by atoms with Crippen molar-refractivity contribution in [1.82, 2.24) is 9.88 Å². The number of carbonyl (C=O) groups is 1. The third-order valence-corrected chi connectivity index (χ3v) is 4.71. The lowest BCUT2D eigenvalue weighted by atomic mass is 9.92. The van der Waals surface area contributed by atoms with Crippen LogP contribution in [0.3, 0.4) is 0 Å². The molecule has 1 aromatic heterocycles. The Hall–Kier alpha value is -2.31. The number of amides is 1. The van der Waals surface area contributed by atoms with Gasteiger partial charge < -0.3 is 14.7 Å². The van der Waals surface area contributed by atoms with Gasteiger partial charge in [-0.1, -0.05) is 24.3 Å². The van der Waals surface area contributed by atoms with E-state index in [2.05, 4.69) is 4.98 Å². The van der Waals surface area contributed by atoms with Crippen LogP contribution in [0.5, 0.6) is 0 Å². The molecule has 0 aliphatic carbocycles. The second kappa shape index (κ2) is 8.38. The molecule has 1 aliphatic heterocycles. The van der Waals surface area contributed by atoms with Crippen LogP contribution in [0, 0.1) is 5.82 Å². The Balaban J connectivity index is 1.64. The number of hydrogen-bond donors (Lipinski definition) is 1. The maximum Gasteiger partial charge on any atom is 0.223 e. The molecule has 1 aromatic carbocycles. The topological polar surface area (TPSA) is 62.7 Å². The Labute approximate surface area is 152 Å². The van der Waals surface area contributed by atoms with E-state index in [9.17, 15) is 14.3 Å². The van der Waals surface area contributed by atoms with Gasteiger partial charge in [0.2, 0.25) is 5.91 Å². The van der Waals surface area contributed by atoms with Crippen LogP contribution in [0.1, 0.15) is 17.5 Å². The van der Waals surface area contributed by atoms with Crippen LogP contribution < -0.4 is 0 Å². The van der Waals surface area contributed by atoms with E-state index < -0.39 is 5.60 Å². The van der Waals surface area contributed by atoms with E-state index in [0.29, 0.717) is 31.6 Å². The first-order valence-electron chi connectivity index (χ1n) is 8.77. The summed E-state index contributed by atoms with van der Waals surface area (Å²) in [5.74, 6) is -0.326. The molecule has 1 aliphatic rings. The fraction of sp³-hybridized carbons (Fsp3) is 0.400. The van der Waals surface area contributed by atoms with Crippen molar-refractivity contribution in [2.24, 2.45) is 0 Å². The average molecular weight is 358 g/mol. The molecule has 0 saturated carbocycles. The molecule has 2 aromatic rings. The predicted octanol–water partition coefficient (Wildman–Crippen LogP) is 1.99. The Morgan fingerprint density at radius 2 is 2.15 bits per heavy atom. The van der Waals surface area contributed by atoms with Crippen molar-refractivity contribution in [3.63, 3.8) is 0 Å². The van der Waals surface area contributed by atoms with Gasteiger partial charge in [0.05, 0.1) is 19.8 Å². The van der Waals surface area contributed by atoms with E-state index in [-0.39, 0.29) is 31.3 Å². The second-order valence-electron chi connectivity index (χ2n) is 6.63. The first kappa shape index (κ1) is 18.5. The zero-order chi connectivity index (χ0) is 18.4. The van der Waals surface area contributed by atoms with Crippen molar-refractivity contribution in [1.29, 1.82) is 0 Å². The first-order chi connectivity index (χ1) is 12.6. The summed E-state index contributed by atoms with van der Waals surface area (Å²) < 4.78 is 19.8. The van der Waals surface area contributed by atoms with Gasteiger partial charge in [-0.3, -0.25) is 9.78 Å². The summed E-state index contributed by atoms with van der Waals surface area (Å²) in [4.78, 5) is 18.3. The standard InChI is InChI=1S/C20H23FN2O3/c21-18-6-2-1-5-17(18)12-20(15-24)14-23(10-11-26-20)19(25)8-7-16-4-3-9-22-13-16/h1-6,9,13,24H,7-8,10-12,14-15H2/t20-/m1/s1. The Morgan fingerprint density at radius 3 is 2.88 bits per heavy atom. The molecule has 1 atom stereocenters. The highest BCUT2D eigenvalue weighted by Gasteiger charge is 2.38. The maximum atomic E-state index is 14.0. The second-order valence-corrected chi connectivity index (χ2v) is 6.63. The van der Waals surface area contributed by atoms with Gasteiger partial charge in [-0.25, -0.2) is 4.39 Å². The van der Waals surface area contributed by atoms with Gasteiger partial charge in [0.25, 0.3) is 0 Å². The molecule has 0 radical (unpaired) electrons. The molecule has 1 N–H and O–H groups in total. The van der Waals surface area contributed by atoms with Crippen molar-refractivity contribution in [2.75, 3.05) is 26.3 Å². The number of morpholine rings is 1. The van der Waals surface area contributed by atoms with E-state index in [1.54, 1.807) is 35.5 Å². The number of aliphatic hydroxyl groups excluding tert-OH is 1. The van der Waals surface area contributed by atoms with Gasteiger partial charge in [-0.2, -0.15) is 0 Å². The molecule has 2 heterocycles. The SMILES string of the molecule is O=C(CCc1cccnc1)N1CCO[C@](CO)(Cc2ccccc2F)C1. The van der Waals surface area contributed by atoms with Crippen molar-refractivity contribution in [3.05, 3.63) is 65.7 Å². The Kier molecular flexibility index (Phi) is 5.96. The fourth-order valence-electron chi connectivity index (χ4n) is 3.26. The highest BCUT2D eigenvalue weighted by Crippen LogP contribution is 2.25. The predicted molar refractivity (Wildman–Crippen MR) is 95.0 cm³/mol. The van der Waals surface area contributed by atoms with Gasteiger partial charge in [0, 0.05) is 31.8 Å². The van der Waals surface area contributed by atoms with Gasteiger partial charge in [-0.15, -0.1) is 0 Å². The van der Waals surface area contributed by atoms with Crippen molar-refractivity contribution < 1.29 is 19.0 Å². The quantitative estimate of drug-likeness (QED) is 0.858. The summed E-state index contributed by atoms with van der Waals surface area (Å²) in [6.07, 6.45) is 4.66. The minimum Gasteiger partial charge on any atom is -0.393 e. The van der Waals surface area contributed by atoms with Gasteiger partial charge in [-0.05, 0) is 29.7 Å². The number of benzene rings is 1. The summed E-state index contributed by atoms with van der Waals surface area (Å²) >= 11 is 0. The molecule has 1 amide bonds. The largest absolute Gasteiger partial charge is 0.393 e. The maximum absolute atomic E-state index is 14.0. The minimum absolute atomic E-state index is 0.00325. The molecule has 138 valence electrons. The zero-order valence-corrected chi connectivity index (χ0v) is 14.6. The molecule has 1 fully saturated rings. The molecule has 0 spiro atoms. The lowest BCUT2D eigenvalue weighted by Crippen LogP contribution is -2.57. The van der Waals surface area contributed by atoms with E-state index in [1.807, 2.05) is 12.1 Å². The van der Waals surface area contributed by atoms with Crippen LogP contribution in [0.15, 0.2) is 48.8 Å². The molecule has 5 nitrogen and oxygen atoms in total. The first-order valence-corrected chi connectivity index (χ1v) is 8.77. The number of aliphatic hydroxyl groups is 1. The molecular weight excluding hydrogens is 335 g/mol. The molecular formula is C20H23FN2O3. The van der Waals surface area contributed by atoms with Crippen molar-refractivity contribution in [2.45, 2.75) is 24.9 Å². The molecule has 0 unspecified atom stereocenters. The normalized spacial score (nSPS) is 20.2. The monoisotopic (exact) mass is 358 g/mol. The smallest absolute Gasteiger partial charge is 0.223 e. The third kappa shape index (κ3) is 4.45. The molecule has 6 heteroatoms. The fourth-order valence-corrected chi connectivity index (χ4v) is 3.26. The van der Waals surface area contributed by atoms with E-state index >= 15 is 0 Å². The number of halogens is 1. The lowest BCUT2D eigenvalue weighted by molar-refractivity contribution is -0.158. The number of carbonyl (C=O) groups excluding carboxylic acids is 1. The summed E-state index contributed by atoms with van der Waals surface area (Å²) in [6.45, 7) is 0.788. The lowest BCUT2D eigenvalue weighted by Gasteiger charge is -2.42. The van der Waals surface area contributed by atoms with E-state index in [0.717, 1.165) is 5.56 Å². The Morgan fingerprint density at radius 1 is 1.31 bits per heavy atom. The number of ether oxygens (including phenoxy) is 1. The van der Waals surface area contributed by atoms with Crippen molar-refractivity contribution >= 4 is 5.91 Å². The van der Waals surface area contributed by atoms with Crippen LogP contribution in [0.25, 0.3) is 0 Å². The van der Waals surface area contributed by atoms with Crippen LogP contribution in [-0.4, -0.2) is 52.8 Å². The van der Waals surface area contributed by atoms with E-state index in [4.69, 9.17) is 4.74 Å². The number of nitrogens with zero attached hydrogens (tertiary/aromatic N) is 2. The zero-order valence-electron chi connectivity index (χ0n) is 14.6. The molecule has 1 saturated heterocycles. The number of rotatable bonds is 6. The van der Waals surface area contributed by atoms with Crippen LogP contribution in [-0.2, 0) is 22.4 Å².